The molecule has 104 valence electrons. The second-order valence-electron chi connectivity index (χ2n) is 5.25. The van der Waals surface area contributed by atoms with Crippen molar-refractivity contribution in [3.05, 3.63) is 24.0 Å². The molecule has 2 aliphatic heterocycles. The molecule has 0 radical (unpaired) electrons. The minimum absolute atomic E-state index is 0.0140. The first kappa shape index (κ1) is 13.1. The average Bonchev–Trinajstić information content (AvgIpc) is 2.82. The average molecular weight is 283 g/mol. The molecule has 0 amide bonds. The van der Waals surface area contributed by atoms with Crippen molar-refractivity contribution in [3.8, 4) is 5.75 Å². The first-order valence-corrected chi connectivity index (χ1v) is 7.76. The topological polar surface area (TPSA) is 44.5 Å². The summed E-state index contributed by atoms with van der Waals surface area (Å²) < 4.78 is 25.2. The van der Waals surface area contributed by atoms with Gasteiger partial charge in [0.15, 0.2) is 0 Å². The van der Waals surface area contributed by atoms with Crippen molar-refractivity contribution in [2.24, 2.45) is 0 Å². The summed E-state index contributed by atoms with van der Waals surface area (Å²) >= 11 is 1.94. The highest BCUT2D eigenvalue weighted by Gasteiger charge is 2.41. The highest BCUT2D eigenvalue weighted by atomic mass is 32.2. The van der Waals surface area contributed by atoms with E-state index in [2.05, 4.69) is 0 Å². The lowest BCUT2D eigenvalue weighted by atomic mass is 9.91. The molecule has 2 heterocycles. The molecule has 0 aromatic heterocycles. The number of nitrogens with two attached hydrogens (primary N) is 1. The van der Waals surface area contributed by atoms with Crippen molar-refractivity contribution < 1.29 is 13.9 Å². The van der Waals surface area contributed by atoms with E-state index in [0.717, 1.165) is 37.4 Å². The maximum atomic E-state index is 13.4. The Morgan fingerprint density at radius 1 is 1.47 bits per heavy atom. The van der Waals surface area contributed by atoms with Gasteiger partial charge in [-0.2, -0.15) is 11.8 Å². The Kier molecular flexibility index (Phi) is 3.58. The standard InChI is InChI=1S/C14H18FNO2S/c15-12-7-10(1-2-13(12)16)18-11-3-5-17-14(8-11)4-6-19-9-14/h1-2,7,11H,3-6,8-9,16H2. The van der Waals surface area contributed by atoms with Gasteiger partial charge in [-0.05, 0) is 24.3 Å². The smallest absolute Gasteiger partial charge is 0.149 e. The molecule has 0 aliphatic carbocycles. The Balaban J connectivity index is 1.67. The summed E-state index contributed by atoms with van der Waals surface area (Å²) in [6, 6.07) is 4.63. The molecule has 3 rings (SSSR count). The molecule has 2 unspecified atom stereocenters. The molecule has 5 heteroatoms. The first-order valence-electron chi connectivity index (χ1n) is 6.60. The van der Waals surface area contributed by atoms with Crippen molar-refractivity contribution in [2.75, 3.05) is 23.8 Å². The lowest BCUT2D eigenvalue weighted by molar-refractivity contribution is -0.0959. The van der Waals surface area contributed by atoms with Crippen LogP contribution >= 0.6 is 11.8 Å². The van der Waals surface area contributed by atoms with E-state index in [1.165, 1.54) is 6.07 Å². The Labute approximate surface area is 116 Å². The molecule has 1 aromatic rings. The van der Waals surface area contributed by atoms with Crippen LogP contribution in [0.2, 0.25) is 0 Å². The third kappa shape index (κ3) is 2.82. The van der Waals surface area contributed by atoms with Gasteiger partial charge in [-0.1, -0.05) is 0 Å². The van der Waals surface area contributed by atoms with Crippen molar-refractivity contribution >= 4 is 17.4 Å². The van der Waals surface area contributed by atoms with Crippen molar-refractivity contribution in [3.63, 3.8) is 0 Å². The monoisotopic (exact) mass is 283 g/mol. The molecule has 0 bridgehead atoms. The normalized spacial score (nSPS) is 30.7. The van der Waals surface area contributed by atoms with E-state index in [1.54, 1.807) is 12.1 Å². The maximum Gasteiger partial charge on any atom is 0.149 e. The Bertz CT molecular complexity index is 463. The second-order valence-corrected chi connectivity index (χ2v) is 6.36. The number of thioether (sulfide) groups is 1. The van der Waals surface area contributed by atoms with E-state index in [-0.39, 0.29) is 17.4 Å². The van der Waals surface area contributed by atoms with Crippen LogP contribution in [0.5, 0.6) is 5.75 Å². The van der Waals surface area contributed by atoms with E-state index in [0.29, 0.717) is 5.75 Å². The molecule has 1 spiro atoms. The summed E-state index contributed by atoms with van der Waals surface area (Å²) in [6.45, 7) is 0.725. The fourth-order valence-electron chi connectivity index (χ4n) is 2.72. The predicted octanol–water partition coefficient (Wildman–Crippen LogP) is 2.84. The number of benzene rings is 1. The SMILES string of the molecule is Nc1ccc(OC2CCOC3(CCSC3)C2)cc1F. The summed E-state index contributed by atoms with van der Waals surface area (Å²) in [6.07, 6.45) is 2.95. The summed E-state index contributed by atoms with van der Waals surface area (Å²) in [5.41, 5.74) is 5.60. The van der Waals surface area contributed by atoms with Gasteiger partial charge in [-0.25, -0.2) is 4.39 Å². The summed E-state index contributed by atoms with van der Waals surface area (Å²) in [7, 11) is 0. The minimum Gasteiger partial charge on any atom is -0.490 e. The molecule has 1 aromatic carbocycles. The van der Waals surface area contributed by atoms with Gasteiger partial charge in [-0.3, -0.25) is 0 Å². The van der Waals surface area contributed by atoms with Gasteiger partial charge in [0.05, 0.1) is 17.9 Å². The van der Waals surface area contributed by atoms with Crippen LogP contribution in [0.15, 0.2) is 18.2 Å². The summed E-state index contributed by atoms with van der Waals surface area (Å²) in [4.78, 5) is 0. The van der Waals surface area contributed by atoms with Crippen molar-refractivity contribution in [2.45, 2.75) is 31.0 Å². The van der Waals surface area contributed by atoms with Crippen molar-refractivity contribution in [1.29, 1.82) is 0 Å². The number of hydrogen-bond acceptors (Lipinski definition) is 4. The lowest BCUT2D eigenvalue weighted by Gasteiger charge is -2.37. The third-order valence-corrected chi connectivity index (χ3v) is 5.01. The molecule has 3 nitrogen and oxygen atoms in total. The van der Waals surface area contributed by atoms with Crippen LogP contribution in [0.3, 0.4) is 0 Å². The number of halogens is 1. The van der Waals surface area contributed by atoms with Gasteiger partial charge in [0.2, 0.25) is 0 Å². The van der Waals surface area contributed by atoms with Gasteiger partial charge >= 0.3 is 0 Å². The largest absolute Gasteiger partial charge is 0.490 e. The van der Waals surface area contributed by atoms with Crippen LogP contribution in [0.4, 0.5) is 10.1 Å². The summed E-state index contributed by atoms with van der Waals surface area (Å²) in [5, 5.41) is 0. The van der Waals surface area contributed by atoms with Crippen LogP contribution < -0.4 is 10.5 Å². The number of ether oxygens (including phenoxy) is 2. The van der Waals surface area contributed by atoms with Crippen LogP contribution in [0, 0.1) is 5.82 Å². The van der Waals surface area contributed by atoms with Crippen LogP contribution in [0.1, 0.15) is 19.3 Å². The molecular formula is C14H18FNO2S. The minimum atomic E-state index is -0.421. The molecule has 19 heavy (non-hydrogen) atoms. The Hall–Kier alpha value is -0.940. The highest BCUT2D eigenvalue weighted by Crippen LogP contribution is 2.39. The molecule has 2 saturated heterocycles. The van der Waals surface area contributed by atoms with E-state index >= 15 is 0 Å². The van der Waals surface area contributed by atoms with Crippen molar-refractivity contribution in [1.82, 2.24) is 0 Å². The zero-order chi connectivity index (χ0) is 13.3. The van der Waals surface area contributed by atoms with Crippen LogP contribution in [-0.4, -0.2) is 29.8 Å². The second kappa shape index (κ2) is 5.21. The molecule has 2 atom stereocenters. The van der Waals surface area contributed by atoms with Crippen LogP contribution in [0.25, 0.3) is 0 Å². The quantitative estimate of drug-likeness (QED) is 0.848. The third-order valence-electron chi connectivity index (χ3n) is 3.79. The first-order chi connectivity index (χ1) is 9.17. The van der Waals surface area contributed by atoms with Gasteiger partial charge in [0.25, 0.3) is 0 Å². The number of anilines is 1. The number of rotatable bonds is 2. The maximum absolute atomic E-state index is 13.4. The van der Waals surface area contributed by atoms with E-state index in [4.69, 9.17) is 15.2 Å². The molecule has 2 fully saturated rings. The van der Waals surface area contributed by atoms with Gasteiger partial charge in [0.1, 0.15) is 17.7 Å². The number of hydrogen-bond donors (Lipinski definition) is 1. The Morgan fingerprint density at radius 2 is 2.37 bits per heavy atom. The van der Waals surface area contributed by atoms with E-state index < -0.39 is 5.82 Å². The molecule has 0 saturated carbocycles. The van der Waals surface area contributed by atoms with Gasteiger partial charge in [-0.15, -0.1) is 0 Å². The lowest BCUT2D eigenvalue weighted by Crippen LogP contribution is -2.43. The zero-order valence-electron chi connectivity index (χ0n) is 10.7. The fraction of sp³-hybridized carbons (Fsp3) is 0.571. The molecule has 2 aliphatic rings. The Morgan fingerprint density at radius 3 is 3.11 bits per heavy atom. The van der Waals surface area contributed by atoms with Gasteiger partial charge in [0, 0.05) is 24.7 Å². The van der Waals surface area contributed by atoms with Crippen LogP contribution in [-0.2, 0) is 4.74 Å². The fourth-order valence-corrected chi connectivity index (χ4v) is 4.10. The molecular weight excluding hydrogens is 265 g/mol. The molecule has 2 N–H and O–H groups in total. The van der Waals surface area contributed by atoms with E-state index in [9.17, 15) is 4.39 Å². The number of nitrogen functional groups attached to an aromatic ring is 1. The highest BCUT2D eigenvalue weighted by molar-refractivity contribution is 7.99. The van der Waals surface area contributed by atoms with Gasteiger partial charge < -0.3 is 15.2 Å². The predicted molar refractivity (Wildman–Crippen MR) is 75.1 cm³/mol. The zero-order valence-corrected chi connectivity index (χ0v) is 11.5. The van der Waals surface area contributed by atoms with E-state index in [1.807, 2.05) is 11.8 Å². The summed E-state index contributed by atoms with van der Waals surface area (Å²) in [5.74, 6) is 2.33.